The molecule has 0 aliphatic rings. The monoisotopic (exact) mass is 290 g/mol. The number of nitrogens with one attached hydrogen (secondary N) is 2. The van der Waals surface area contributed by atoms with Gasteiger partial charge in [-0.15, -0.1) is 12.4 Å². The number of H-pyrrole nitrogens is 1. The average molecular weight is 291 g/mol. The Morgan fingerprint density at radius 3 is 2.53 bits per heavy atom. The molecule has 4 N–H and O–H groups in total. The van der Waals surface area contributed by atoms with Gasteiger partial charge in [-0.2, -0.15) is 0 Å². The van der Waals surface area contributed by atoms with Crippen molar-refractivity contribution in [2.45, 2.75) is 26.3 Å². The number of hydrogen-bond donors (Lipinski definition) is 3. The van der Waals surface area contributed by atoms with E-state index in [4.69, 9.17) is 5.73 Å². The summed E-state index contributed by atoms with van der Waals surface area (Å²) in [5, 5.41) is 13.3. The number of amides is 1. The number of halogens is 1. The number of nitrogens with zero attached hydrogens (tertiary/aromatic N) is 1. The van der Waals surface area contributed by atoms with Crippen LogP contribution in [0.4, 0.5) is 5.82 Å². The molecule has 0 bridgehead atoms. The Bertz CT molecular complexity index is 461. The van der Waals surface area contributed by atoms with Crippen LogP contribution in [-0.2, 0) is 0 Å². The van der Waals surface area contributed by atoms with E-state index in [2.05, 4.69) is 10.3 Å². The highest BCUT2D eigenvalue weighted by Crippen LogP contribution is 2.16. The van der Waals surface area contributed by atoms with Crippen LogP contribution in [0.3, 0.4) is 0 Å². The molecule has 1 unspecified atom stereocenters. The number of aromatic nitrogens is 1. The topological polar surface area (TPSA) is 114 Å². The number of nitro groups is 1. The molecule has 0 saturated heterocycles. The van der Waals surface area contributed by atoms with Crippen LogP contribution in [0.15, 0.2) is 12.1 Å². The number of carbonyl (C=O) groups is 1. The number of carbonyl (C=O) groups excluding carboxylic acids is 1. The van der Waals surface area contributed by atoms with Crippen LogP contribution < -0.4 is 11.1 Å². The van der Waals surface area contributed by atoms with Gasteiger partial charge in [-0.05, 0) is 23.8 Å². The minimum absolute atomic E-state index is 0. The van der Waals surface area contributed by atoms with Crippen molar-refractivity contribution in [2.24, 2.45) is 11.7 Å². The van der Waals surface area contributed by atoms with E-state index in [9.17, 15) is 14.9 Å². The molecule has 0 fully saturated rings. The van der Waals surface area contributed by atoms with Gasteiger partial charge in [-0.3, -0.25) is 4.79 Å². The molecule has 1 atom stereocenters. The van der Waals surface area contributed by atoms with Gasteiger partial charge in [0.05, 0.1) is 5.54 Å². The van der Waals surface area contributed by atoms with Crippen LogP contribution in [0.1, 0.15) is 31.3 Å². The molecule has 1 amide bonds. The number of hydrogen-bond acceptors (Lipinski definition) is 4. The quantitative estimate of drug-likeness (QED) is 0.562. The zero-order valence-electron chi connectivity index (χ0n) is 11.1. The maximum atomic E-state index is 11.9. The Balaban J connectivity index is 0.00000324. The molecule has 1 rings (SSSR count). The van der Waals surface area contributed by atoms with Crippen molar-refractivity contribution in [1.29, 1.82) is 0 Å². The van der Waals surface area contributed by atoms with E-state index in [1.807, 2.05) is 20.8 Å². The van der Waals surface area contributed by atoms with Crippen LogP contribution in [0.5, 0.6) is 0 Å². The summed E-state index contributed by atoms with van der Waals surface area (Å²) in [5.74, 6) is -0.458. The highest BCUT2D eigenvalue weighted by molar-refractivity contribution is 5.93. The van der Waals surface area contributed by atoms with E-state index >= 15 is 0 Å². The second-order valence-corrected chi connectivity index (χ2v) is 4.74. The summed E-state index contributed by atoms with van der Waals surface area (Å²) in [5.41, 5.74) is 5.26. The first-order chi connectivity index (χ1) is 8.30. The fraction of sp³-hybridized carbons (Fsp3) is 0.545. The normalized spacial score (nSPS) is 13.5. The predicted molar refractivity (Wildman–Crippen MR) is 74.5 cm³/mol. The highest BCUT2D eigenvalue weighted by atomic mass is 35.5. The molecular weight excluding hydrogens is 272 g/mol. The van der Waals surface area contributed by atoms with Gasteiger partial charge in [0.15, 0.2) is 5.69 Å². The lowest BCUT2D eigenvalue weighted by molar-refractivity contribution is -0.389. The second kappa shape index (κ2) is 6.53. The second-order valence-electron chi connectivity index (χ2n) is 4.74. The highest BCUT2D eigenvalue weighted by Gasteiger charge is 2.30. The minimum Gasteiger partial charge on any atom is -0.358 e. The molecule has 0 spiro atoms. The standard InChI is InChI=1S/C11H18N4O3.ClH/c1-7(2)11(3,6-12)14-10(16)8-4-5-9(13-8)15(17)18;/h4-5,7,13H,6,12H2,1-3H3,(H,14,16);1H. The van der Waals surface area contributed by atoms with Crippen molar-refractivity contribution < 1.29 is 9.72 Å². The lowest BCUT2D eigenvalue weighted by atomic mass is 9.88. The Morgan fingerprint density at radius 2 is 2.16 bits per heavy atom. The maximum absolute atomic E-state index is 11.9. The van der Waals surface area contributed by atoms with Gasteiger partial charge in [0.1, 0.15) is 0 Å². The molecule has 0 radical (unpaired) electrons. The molecule has 0 aliphatic heterocycles. The fourth-order valence-corrected chi connectivity index (χ4v) is 1.38. The van der Waals surface area contributed by atoms with Gasteiger partial charge in [0.25, 0.3) is 5.91 Å². The van der Waals surface area contributed by atoms with Crippen molar-refractivity contribution in [3.05, 3.63) is 27.9 Å². The van der Waals surface area contributed by atoms with Crippen molar-refractivity contribution in [3.63, 3.8) is 0 Å². The molecule has 8 heteroatoms. The zero-order valence-corrected chi connectivity index (χ0v) is 11.9. The Kier molecular flexibility index (Phi) is 5.98. The van der Waals surface area contributed by atoms with Gasteiger partial charge < -0.3 is 21.2 Å². The van der Waals surface area contributed by atoms with E-state index < -0.39 is 16.4 Å². The Hall–Kier alpha value is -1.60. The van der Waals surface area contributed by atoms with Gasteiger partial charge in [0, 0.05) is 12.6 Å². The maximum Gasteiger partial charge on any atom is 0.321 e. The predicted octanol–water partition coefficient (Wildman–Crippen LogP) is 1.45. The summed E-state index contributed by atoms with van der Waals surface area (Å²) < 4.78 is 0. The number of nitrogens with two attached hydrogens (primary N) is 1. The van der Waals surface area contributed by atoms with E-state index in [0.29, 0.717) is 6.54 Å². The third kappa shape index (κ3) is 3.93. The minimum atomic E-state index is -0.582. The molecule has 108 valence electrons. The van der Waals surface area contributed by atoms with Gasteiger partial charge >= 0.3 is 5.82 Å². The van der Waals surface area contributed by atoms with Gasteiger partial charge in [-0.25, -0.2) is 4.98 Å². The van der Waals surface area contributed by atoms with Crippen molar-refractivity contribution >= 4 is 24.1 Å². The van der Waals surface area contributed by atoms with E-state index in [1.54, 1.807) is 0 Å². The van der Waals surface area contributed by atoms with Crippen LogP contribution in [0.2, 0.25) is 0 Å². The number of aromatic amines is 1. The van der Waals surface area contributed by atoms with E-state index in [1.165, 1.54) is 12.1 Å². The molecule has 1 heterocycles. The summed E-state index contributed by atoms with van der Waals surface area (Å²) in [7, 11) is 0. The lowest BCUT2D eigenvalue weighted by Crippen LogP contribution is -2.55. The summed E-state index contributed by atoms with van der Waals surface area (Å²) in [6.07, 6.45) is 0. The third-order valence-electron chi connectivity index (χ3n) is 3.21. The summed E-state index contributed by atoms with van der Waals surface area (Å²) in [4.78, 5) is 24.3. The summed E-state index contributed by atoms with van der Waals surface area (Å²) in [6.45, 7) is 6.03. The Labute approximate surface area is 117 Å². The molecule has 0 saturated carbocycles. The number of rotatable bonds is 5. The van der Waals surface area contributed by atoms with Crippen LogP contribution in [-0.4, -0.2) is 27.9 Å². The van der Waals surface area contributed by atoms with Gasteiger partial charge in [-0.1, -0.05) is 13.8 Å². The van der Waals surface area contributed by atoms with Crippen LogP contribution >= 0.6 is 12.4 Å². The first-order valence-corrected chi connectivity index (χ1v) is 5.66. The largest absolute Gasteiger partial charge is 0.358 e. The average Bonchev–Trinajstić information content (AvgIpc) is 2.77. The molecule has 0 aliphatic carbocycles. The van der Waals surface area contributed by atoms with Crippen LogP contribution in [0.25, 0.3) is 0 Å². The zero-order chi connectivity index (χ0) is 13.9. The first-order valence-electron chi connectivity index (χ1n) is 5.66. The first kappa shape index (κ1) is 17.4. The van der Waals surface area contributed by atoms with E-state index in [-0.39, 0.29) is 29.8 Å². The van der Waals surface area contributed by atoms with Crippen molar-refractivity contribution in [3.8, 4) is 0 Å². The molecule has 19 heavy (non-hydrogen) atoms. The molecule has 1 aromatic rings. The molecule has 0 aromatic carbocycles. The van der Waals surface area contributed by atoms with Crippen molar-refractivity contribution in [1.82, 2.24) is 10.3 Å². The van der Waals surface area contributed by atoms with Crippen LogP contribution in [0, 0.1) is 16.0 Å². The summed E-state index contributed by atoms with van der Waals surface area (Å²) in [6, 6.07) is 2.63. The Morgan fingerprint density at radius 1 is 1.58 bits per heavy atom. The SMILES string of the molecule is CC(C)C(C)(CN)NC(=O)c1ccc([N+](=O)[O-])[nH]1.Cl. The lowest BCUT2D eigenvalue weighted by Gasteiger charge is -2.33. The third-order valence-corrected chi connectivity index (χ3v) is 3.21. The van der Waals surface area contributed by atoms with Gasteiger partial charge in [0.2, 0.25) is 0 Å². The van der Waals surface area contributed by atoms with E-state index in [0.717, 1.165) is 0 Å². The summed E-state index contributed by atoms with van der Waals surface area (Å²) >= 11 is 0. The fourth-order valence-electron chi connectivity index (χ4n) is 1.38. The molecule has 7 nitrogen and oxygen atoms in total. The van der Waals surface area contributed by atoms with Crippen molar-refractivity contribution in [2.75, 3.05) is 6.54 Å². The molecular formula is C11H19ClN4O3. The molecule has 1 aromatic heterocycles. The smallest absolute Gasteiger partial charge is 0.321 e.